The first kappa shape index (κ1) is 16.8. The lowest BCUT2D eigenvalue weighted by atomic mass is 10.2. The van der Waals surface area contributed by atoms with E-state index in [9.17, 15) is 9.90 Å². The fourth-order valence-corrected chi connectivity index (χ4v) is 2.08. The minimum absolute atomic E-state index is 0.196. The molecule has 0 aromatic heterocycles. The third-order valence-electron chi connectivity index (χ3n) is 3.28. The summed E-state index contributed by atoms with van der Waals surface area (Å²) >= 11 is 0. The molecule has 0 heterocycles. The molecule has 5 nitrogen and oxygen atoms in total. The van der Waals surface area contributed by atoms with Crippen LogP contribution in [0.5, 0.6) is 5.75 Å². The number of hydrogen-bond donors (Lipinski definition) is 1. The summed E-state index contributed by atoms with van der Waals surface area (Å²) in [7, 11) is 0. The SMILES string of the molecule is Cc1cccc(OCC(C)N(OCc2ccccc2)C(=O)O)c1. The number of nitrogens with zero attached hydrogens (tertiary/aromatic N) is 1. The molecule has 1 amide bonds. The van der Waals surface area contributed by atoms with Gasteiger partial charge >= 0.3 is 6.09 Å². The predicted octanol–water partition coefficient (Wildman–Crippen LogP) is 3.87. The first-order valence-corrected chi connectivity index (χ1v) is 7.44. The number of carbonyl (C=O) groups is 1. The molecule has 0 fully saturated rings. The summed E-state index contributed by atoms with van der Waals surface area (Å²) in [4.78, 5) is 16.8. The maximum Gasteiger partial charge on any atom is 0.431 e. The van der Waals surface area contributed by atoms with Crippen LogP contribution in [-0.4, -0.2) is 28.9 Å². The van der Waals surface area contributed by atoms with Crippen LogP contribution in [0, 0.1) is 6.92 Å². The first-order chi connectivity index (χ1) is 11.1. The lowest BCUT2D eigenvalue weighted by Gasteiger charge is -2.25. The van der Waals surface area contributed by atoms with Gasteiger partial charge in [0.25, 0.3) is 0 Å². The Morgan fingerprint density at radius 2 is 1.91 bits per heavy atom. The van der Waals surface area contributed by atoms with E-state index in [2.05, 4.69) is 0 Å². The summed E-state index contributed by atoms with van der Waals surface area (Å²) in [5, 5.41) is 10.2. The predicted molar refractivity (Wildman–Crippen MR) is 87.2 cm³/mol. The van der Waals surface area contributed by atoms with E-state index < -0.39 is 12.1 Å². The zero-order valence-corrected chi connectivity index (χ0v) is 13.3. The minimum Gasteiger partial charge on any atom is -0.491 e. The van der Waals surface area contributed by atoms with Gasteiger partial charge in [0.05, 0.1) is 6.04 Å². The molecule has 0 aliphatic carbocycles. The van der Waals surface area contributed by atoms with Gasteiger partial charge in [0, 0.05) is 0 Å². The number of aryl methyl sites for hydroxylation is 1. The lowest BCUT2D eigenvalue weighted by Crippen LogP contribution is -2.40. The Morgan fingerprint density at radius 1 is 1.17 bits per heavy atom. The van der Waals surface area contributed by atoms with Crippen LogP contribution in [-0.2, 0) is 11.4 Å². The monoisotopic (exact) mass is 315 g/mol. The van der Waals surface area contributed by atoms with E-state index in [1.54, 1.807) is 6.92 Å². The quantitative estimate of drug-likeness (QED) is 0.788. The summed E-state index contributed by atoms with van der Waals surface area (Å²) < 4.78 is 5.65. The van der Waals surface area contributed by atoms with E-state index in [1.165, 1.54) is 0 Å². The van der Waals surface area contributed by atoms with Crippen molar-refractivity contribution in [3.63, 3.8) is 0 Å². The van der Waals surface area contributed by atoms with E-state index in [4.69, 9.17) is 9.57 Å². The number of rotatable bonds is 7. The van der Waals surface area contributed by atoms with Crippen molar-refractivity contribution in [2.75, 3.05) is 6.61 Å². The molecule has 5 heteroatoms. The molecule has 0 bridgehead atoms. The van der Waals surface area contributed by atoms with Crippen molar-refractivity contribution in [3.05, 3.63) is 65.7 Å². The van der Waals surface area contributed by atoms with Crippen LogP contribution in [0.1, 0.15) is 18.1 Å². The molecule has 1 unspecified atom stereocenters. The molecular formula is C18H21NO4. The maximum absolute atomic E-state index is 11.4. The van der Waals surface area contributed by atoms with Crippen molar-refractivity contribution in [1.29, 1.82) is 0 Å². The third kappa shape index (κ3) is 5.30. The van der Waals surface area contributed by atoms with Crippen LogP contribution >= 0.6 is 0 Å². The Hall–Kier alpha value is -2.53. The van der Waals surface area contributed by atoms with Crippen molar-refractivity contribution in [2.24, 2.45) is 0 Å². The average Bonchev–Trinajstić information content (AvgIpc) is 2.54. The molecule has 0 saturated heterocycles. The van der Waals surface area contributed by atoms with Crippen LogP contribution in [0.25, 0.3) is 0 Å². The van der Waals surface area contributed by atoms with Crippen molar-refractivity contribution in [2.45, 2.75) is 26.5 Å². The van der Waals surface area contributed by atoms with Crippen molar-refractivity contribution < 1.29 is 19.5 Å². The van der Waals surface area contributed by atoms with Gasteiger partial charge < -0.3 is 9.84 Å². The second kappa shape index (κ2) is 8.19. The van der Waals surface area contributed by atoms with E-state index in [0.29, 0.717) is 5.75 Å². The Balaban J connectivity index is 1.90. The Bertz CT molecular complexity index is 630. The first-order valence-electron chi connectivity index (χ1n) is 7.44. The zero-order chi connectivity index (χ0) is 16.7. The smallest absolute Gasteiger partial charge is 0.431 e. The molecular weight excluding hydrogens is 294 g/mol. The minimum atomic E-state index is -1.14. The fraction of sp³-hybridized carbons (Fsp3) is 0.278. The molecule has 2 rings (SSSR count). The average molecular weight is 315 g/mol. The molecule has 0 aliphatic rings. The number of ether oxygens (including phenoxy) is 1. The van der Waals surface area contributed by atoms with E-state index in [-0.39, 0.29) is 13.2 Å². The summed E-state index contributed by atoms with van der Waals surface area (Å²) in [5.74, 6) is 0.713. The van der Waals surface area contributed by atoms with Gasteiger partial charge in [-0.25, -0.2) is 4.79 Å². The highest BCUT2D eigenvalue weighted by Gasteiger charge is 2.21. The highest BCUT2D eigenvalue weighted by atomic mass is 16.7. The Labute approximate surface area is 136 Å². The van der Waals surface area contributed by atoms with Crippen molar-refractivity contribution >= 4 is 6.09 Å². The summed E-state index contributed by atoms with van der Waals surface area (Å²) in [5.41, 5.74) is 2.00. The second-order valence-corrected chi connectivity index (χ2v) is 5.34. The molecule has 0 radical (unpaired) electrons. The van der Waals surface area contributed by atoms with Gasteiger partial charge in [-0.3, -0.25) is 4.84 Å². The van der Waals surface area contributed by atoms with Gasteiger partial charge in [0.2, 0.25) is 0 Å². The van der Waals surface area contributed by atoms with Gasteiger partial charge in [-0.1, -0.05) is 42.5 Å². The topological polar surface area (TPSA) is 59.0 Å². The molecule has 0 spiro atoms. The molecule has 23 heavy (non-hydrogen) atoms. The van der Waals surface area contributed by atoms with Gasteiger partial charge in [-0.2, -0.15) is 5.06 Å². The van der Waals surface area contributed by atoms with Crippen LogP contribution in [0.15, 0.2) is 54.6 Å². The number of hydrogen-bond acceptors (Lipinski definition) is 3. The Kier molecular flexibility index (Phi) is 6.00. The van der Waals surface area contributed by atoms with Crippen molar-refractivity contribution in [3.8, 4) is 5.75 Å². The van der Waals surface area contributed by atoms with E-state index >= 15 is 0 Å². The fourth-order valence-electron chi connectivity index (χ4n) is 2.08. The highest BCUT2D eigenvalue weighted by molar-refractivity contribution is 5.63. The normalized spacial score (nSPS) is 11.7. The van der Waals surface area contributed by atoms with Gasteiger partial charge in [0.1, 0.15) is 19.0 Å². The second-order valence-electron chi connectivity index (χ2n) is 5.34. The van der Waals surface area contributed by atoms with Gasteiger partial charge in [0.15, 0.2) is 0 Å². The van der Waals surface area contributed by atoms with Crippen LogP contribution in [0.4, 0.5) is 4.79 Å². The van der Waals surface area contributed by atoms with E-state index in [0.717, 1.165) is 16.2 Å². The molecule has 1 atom stereocenters. The number of hydroxylamine groups is 2. The van der Waals surface area contributed by atoms with Crippen LogP contribution < -0.4 is 4.74 Å². The molecule has 2 aromatic carbocycles. The number of amides is 1. The number of benzene rings is 2. The summed E-state index contributed by atoms with van der Waals surface area (Å²) in [6.45, 7) is 4.13. The molecule has 0 saturated carbocycles. The molecule has 1 N–H and O–H groups in total. The number of carboxylic acid groups (broad SMARTS) is 1. The molecule has 122 valence electrons. The van der Waals surface area contributed by atoms with Crippen molar-refractivity contribution in [1.82, 2.24) is 5.06 Å². The lowest BCUT2D eigenvalue weighted by molar-refractivity contribution is -0.168. The molecule has 0 aliphatic heterocycles. The zero-order valence-electron chi connectivity index (χ0n) is 13.3. The summed E-state index contributed by atoms with van der Waals surface area (Å²) in [6.07, 6.45) is -1.14. The molecule has 2 aromatic rings. The summed E-state index contributed by atoms with van der Waals surface area (Å²) in [6, 6.07) is 16.6. The van der Waals surface area contributed by atoms with Gasteiger partial charge in [-0.05, 0) is 37.1 Å². The standard InChI is InChI=1S/C18H21NO4/c1-14-7-6-10-17(11-14)22-12-15(2)19(18(20)21)23-13-16-8-4-3-5-9-16/h3-11,15H,12-13H2,1-2H3,(H,20,21). The van der Waals surface area contributed by atoms with Crippen LogP contribution in [0.2, 0.25) is 0 Å². The largest absolute Gasteiger partial charge is 0.491 e. The van der Waals surface area contributed by atoms with E-state index in [1.807, 2.05) is 61.5 Å². The third-order valence-corrected chi connectivity index (χ3v) is 3.28. The Morgan fingerprint density at radius 3 is 2.57 bits per heavy atom. The maximum atomic E-state index is 11.4. The van der Waals surface area contributed by atoms with Gasteiger partial charge in [-0.15, -0.1) is 0 Å². The highest BCUT2D eigenvalue weighted by Crippen LogP contribution is 2.14. The van der Waals surface area contributed by atoms with Crippen LogP contribution in [0.3, 0.4) is 0 Å².